The Kier molecular flexibility index (Phi) is 6.08. The van der Waals surface area contributed by atoms with Crippen molar-refractivity contribution in [2.24, 2.45) is 10.9 Å². The molecule has 1 atom stereocenters. The highest BCUT2D eigenvalue weighted by atomic mass is 16.5. The van der Waals surface area contributed by atoms with Gasteiger partial charge in [0, 0.05) is 5.71 Å². The third kappa shape index (κ3) is 4.42. The van der Waals surface area contributed by atoms with Crippen LogP contribution in [-0.4, -0.2) is 29.4 Å². The average Bonchev–Trinajstić information content (AvgIpc) is 2.46. The fourth-order valence-corrected chi connectivity index (χ4v) is 1.76. The van der Waals surface area contributed by atoms with Crippen molar-refractivity contribution in [3.63, 3.8) is 0 Å². The molecule has 1 N–H and O–H groups in total. The lowest BCUT2D eigenvalue weighted by atomic mass is 10.0. The van der Waals surface area contributed by atoms with Crippen LogP contribution in [-0.2, 0) is 14.3 Å². The SMILES string of the molecule is CCOC(=O)C(C(=O)O)C(CC)=Nc1cccc(C#N)c1. The number of carboxylic acids is 1. The van der Waals surface area contributed by atoms with E-state index in [0.717, 1.165) is 0 Å². The maximum atomic E-state index is 11.8. The molecule has 0 aromatic heterocycles. The number of nitriles is 1. The van der Waals surface area contributed by atoms with Crippen LogP contribution in [0.1, 0.15) is 25.8 Å². The first-order chi connectivity index (χ1) is 10.0. The van der Waals surface area contributed by atoms with E-state index in [1.165, 1.54) is 6.07 Å². The van der Waals surface area contributed by atoms with Gasteiger partial charge < -0.3 is 9.84 Å². The molecule has 0 heterocycles. The second-order valence-electron chi connectivity index (χ2n) is 4.14. The number of hydrogen-bond donors (Lipinski definition) is 1. The van der Waals surface area contributed by atoms with Gasteiger partial charge in [-0.05, 0) is 31.5 Å². The van der Waals surface area contributed by atoms with Crippen LogP contribution >= 0.6 is 0 Å². The Hall–Kier alpha value is -2.68. The third-order valence-corrected chi connectivity index (χ3v) is 2.71. The first-order valence-electron chi connectivity index (χ1n) is 6.50. The molecule has 1 unspecified atom stereocenters. The van der Waals surface area contributed by atoms with Crippen molar-refractivity contribution in [3.8, 4) is 6.07 Å². The summed E-state index contributed by atoms with van der Waals surface area (Å²) in [7, 11) is 0. The largest absolute Gasteiger partial charge is 0.480 e. The van der Waals surface area contributed by atoms with Crippen molar-refractivity contribution in [1.82, 2.24) is 0 Å². The molecule has 1 aromatic rings. The Labute approximate surface area is 122 Å². The van der Waals surface area contributed by atoms with Crippen LogP contribution in [0.2, 0.25) is 0 Å². The maximum absolute atomic E-state index is 11.8. The van der Waals surface area contributed by atoms with Gasteiger partial charge in [0.05, 0.1) is 23.9 Å². The molecule has 0 spiro atoms. The Morgan fingerprint density at radius 1 is 1.43 bits per heavy atom. The minimum absolute atomic E-state index is 0.101. The Balaban J connectivity index is 3.18. The van der Waals surface area contributed by atoms with Crippen LogP contribution in [0.15, 0.2) is 29.3 Å². The molecular formula is C15H16N2O4. The molecule has 0 aliphatic carbocycles. The second-order valence-corrected chi connectivity index (χ2v) is 4.14. The van der Waals surface area contributed by atoms with Crippen LogP contribution in [0, 0.1) is 17.2 Å². The van der Waals surface area contributed by atoms with Gasteiger partial charge in [-0.2, -0.15) is 5.26 Å². The van der Waals surface area contributed by atoms with Crippen LogP contribution in [0.4, 0.5) is 5.69 Å². The highest BCUT2D eigenvalue weighted by Gasteiger charge is 2.32. The lowest BCUT2D eigenvalue weighted by Crippen LogP contribution is -2.33. The zero-order chi connectivity index (χ0) is 15.8. The highest BCUT2D eigenvalue weighted by Crippen LogP contribution is 2.18. The summed E-state index contributed by atoms with van der Waals surface area (Å²) in [6.45, 7) is 3.42. The monoisotopic (exact) mass is 288 g/mol. The summed E-state index contributed by atoms with van der Waals surface area (Å²) in [5, 5.41) is 18.1. The smallest absolute Gasteiger partial charge is 0.326 e. The summed E-state index contributed by atoms with van der Waals surface area (Å²) < 4.78 is 4.78. The van der Waals surface area contributed by atoms with Gasteiger partial charge in [-0.25, -0.2) is 0 Å². The molecule has 1 rings (SSSR count). The number of aliphatic carboxylic acids is 1. The first-order valence-corrected chi connectivity index (χ1v) is 6.50. The van der Waals surface area contributed by atoms with E-state index in [2.05, 4.69) is 4.99 Å². The van der Waals surface area contributed by atoms with E-state index in [1.807, 2.05) is 6.07 Å². The number of esters is 1. The van der Waals surface area contributed by atoms with Crippen molar-refractivity contribution in [2.45, 2.75) is 20.3 Å². The number of nitrogens with zero attached hydrogens (tertiary/aromatic N) is 2. The van der Waals surface area contributed by atoms with Crippen LogP contribution in [0.25, 0.3) is 0 Å². The van der Waals surface area contributed by atoms with Gasteiger partial charge in [-0.15, -0.1) is 0 Å². The minimum atomic E-state index is -1.43. The fraction of sp³-hybridized carbons (Fsp3) is 0.333. The Bertz CT molecular complexity index is 602. The predicted molar refractivity (Wildman–Crippen MR) is 76.3 cm³/mol. The number of carboxylic acid groups (broad SMARTS) is 1. The van der Waals surface area contributed by atoms with E-state index in [-0.39, 0.29) is 18.7 Å². The van der Waals surface area contributed by atoms with Crippen LogP contribution in [0.3, 0.4) is 0 Å². The molecule has 6 nitrogen and oxygen atoms in total. The van der Waals surface area contributed by atoms with E-state index in [4.69, 9.17) is 10.00 Å². The van der Waals surface area contributed by atoms with E-state index >= 15 is 0 Å². The third-order valence-electron chi connectivity index (χ3n) is 2.71. The highest BCUT2D eigenvalue weighted by molar-refractivity contribution is 6.17. The van der Waals surface area contributed by atoms with E-state index in [1.54, 1.807) is 32.0 Å². The zero-order valence-corrected chi connectivity index (χ0v) is 11.9. The van der Waals surface area contributed by atoms with E-state index in [0.29, 0.717) is 11.3 Å². The minimum Gasteiger partial charge on any atom is -0.480 e. The van der Waals surface area contributed by atoms with Gasteiger partial charge >= 0.3 is 11.9 Å². The number of benzene rings is 1. The summed E-state index contributed by atoms with van der Waals surface area (Å²) in [5.74, 6) is -3.56. The Morgan fingerprint density at radius 2 is 2.14 bits per heavy atom. The van der Waals surface area contributed by atoms with Crippen molar-refractivity contribution in [3.05, 3.63) is 29.8 Å². The summed E-state index contributed by atoms with van der Waals surface area (Å²) in [6, 6.07) is 8.40. The van der Waals surface area contributed by atoms with Crippen molar-refractivity contribution in [1.29, 1.82) is 5.26 Å². The van der Waals surface area contributed by atoms with E-state index in [9.17, 15) is 14.7 Å². The van der Waals surface area contributed by atoms with Crippen molar-refractivity contribution < 1.29 is 19.4 Å². The normalized spacial score (nSPS) is 12.3. The quantitative estimate of drug-likeness (QED) is 0.492. The molecule has 0 saturated carbocycles. The maximum Gasteiger partial charge on any atom is 0.326 e. The molecule has 0 aliphatic heterocycles. The summed E-state index contributed by atoms with van der Waals surface area (Å²) in [4.78, 5) is 27.3. The van der Waals surface area contributed by atoms with Crippen molar-refractivity contribution in [2.75, 3.05) is 6.61 Å². The van der Waals surface area contributed by atoms with Crippen LogP contribution < -0.4 is 0 Å². The van der Waals surface area contributed by atoms with Gasteiger partial charge in [-0.3, -0.25) is 14.6 Å². The topological polar surface area (TPSA) is 99.8 Å². The molecule has 0 aliphatic rings. The van der Waals surface area contributed by atoms with Crippen molar-refractivity contribution >= 4 is 23.3 Å². The number of carbonyl (C=O) groups is 2. The van der Waals surface area contributed by atoms with Gasteiger partial charge in [0.1, 0.15) is 0 Å². The molecule has 6 heteroatoms. The van der Waals surface area contributed by atoms with Gasteiger partial charge in [0.2, 0.25) is 0 Å². The standard InChI is InChI=1S/C15H16N2O4/c1-3-12(13(14(18)19)15(20)21-4-2)17-11-7-5-6-10(8-11)9-16/h5-8,13H,3-4H2,1-2H3,(H,18,19). The molecule has 0 bridgehead atoms. The molecule has 1 aromatic carbocycles. The number of hydrogen-bond acceptors (Lipinski definition) is 5. The van der Waals surface area contributed by atoms with Gasteiger partial charge in [-0.1, -0.05) is 13.0 Å². The molecule has 110 valence electrons. The van der Waals surface area contributed by atoms with Gasteiger partial charge in [0.25, 0.3) is 0 Å². The molecule has 0 amide bonds. The summed E-state index contributed by atoms with van der Waals surface area (Å²) >= 11 is 0. The number of carbonyl (C=O) groups excluding carboxylic acids is 1. The van der Waals surface area contributed by atoms with E-state index < -0.39 is 17.9 Å². The molecule has 0 radical (unpaired) electrons. The summed E-state index contributed by atoms with van der Waals surface area (Å²) in [5.41, 5.74) is 1.03. The number of ether oxygens (including phenoxy) is 1. The Morgan fingerprint density at radius 3 is 2.67 bits per heavy atom. The van der Waals surface area contributed by atoms with Crippen LogP contribution in [0.5, 0.6) is 0 Å². The average molecular weight is 288 g/mol. The lowest BCUT2D eigenvalue weighted by molar-refractivity contribution is -0.154. The van der Waals surface area contributed by atoms with Gasteiger partial charge in [0.15, 0.2) is 5.92 Å². The predicted octanol–water partition coefficient (Wildman–Crippen LogP) is 2.30. The molecule has 0 saturated heterocycles. The number of rotatable bonds is 6. The molecule has 21 heavy (non-hydrogen) atoms. The summed E-state index contributed by atoms with van der Waals surface area (Å²) in [6.07, 6.45) is 0.284. The second kappa shape index (κ2) is 7.80. The lowest BCUT2D eigenvalue weighted by Gasteiger charge is -2.13. The molecular weight excluding hydrogens is 272 g/mol. The fourth-order valence-electron chi connectivity index (χ4n) is 1.76. The first kappa shape index (κ1) is 16.4. The number of aliphatic imine (C=N–C) groups is 1. The molecule has 0 fully saturated rings. The zero-order valence-electron chi connectivity index (χ0n) is 11.9.